The van der Waals surface area contributed by atoms with E-state index in [0.29, 0.717) is 6.54 Å². The SMILES string of the molecule is COc1cccc(-n2ccnc2N2CCN(Cc3ccccc3F)CC2)c1. The third kappa shape index (κ3) is 3.80. The molecule has 1 aromatic heterocycles. The van der Waals surface area contributed by atoms with Crippen molar-refractivity contribution in [1.82, 2.24) is 14.5 Å². The van der Waals surface area contributed by atoms with Crippen molar-refractivity contribution < 1.29 is 9.13 Å². The Hall–Kier alpha value is -2.86. The fraction of sp³-hybridized carbons (Fsp3) is 0.286. The summed E-state index contributed by atoms with van der Waals surface area (Å²) in [5.74, 6) is 1.61. The minimum absolute atomic E-state index is 0.131. The van der Waals surface area contributed by atoms with Crippen molar-refractivity contribution in [3.8, 4) is 11.4 Å². The van der Waals surface area contributed by atoms with Crippen LogP contribution >= 0.6 is 0 Å². The molecule has 27 heavy (non-hydrogen) atoms. The zero-order chi connectivity index (χ0) is 18.6. The number of hydrogen-bond acceptors (Lipinski definition) is 4. The van der Waals surface area contributed by atoms with Gasteiger partial charge in [0.15, 0.2) is 0 Å². The van der Waals surface area contributed by atoms with Gasteiger partial charge >= 0.3 is 0 Å². The van der Waals surface area contributed by atoms with Gasteiger partial charge in [0.05, 0.1) is 12.8 Å². The van der Waals surface area contributed by atoms with Gasteiger partial charge in [-0.15, -0.1) is 0 Å². The van der Waals surface area contributed by atoms with Crippen molar-refractivity contribution in [2.75, 3.05) is 38.2 Å². The first kappa shape index (κ1) is 17.5. The van der Waals surface area contributed by atoms with Gasteiger partial charge in [-0.25, -0.2) is 9.37 Å². The van der Waals surface area contributed by atoms with E-state index in [9.17, 15) is 4.39 Å². The van der Waals surface area contributed by atoms with E-state index in [4.69, 9.17) is 4.74 Å². The average Bonchev–Trinajstić information content (AvgIpc) is 3.20. The van der Waals surface area contributed by atoms with Crippen LogP contribution in [0.5, 0.6) is 5.75 Å². The van der Waals surface area contributed by atoms with Crippen LogP contribution in [-0.2, 0) is 6.54 Å². The van der Waals surface area contributed by atoms with Gasteiger partial charge in [-0.1, -0.05) is 24.3 Å². The molecule has 6 heteroatoms. The third-order valence-electron chi connectivity index (χ3n) is 4.96. The molecule has 1 aliphatic rings. The highest BCUT2D eigenvalue weighted by molar-refractivity contribution is 5.47. The van der Waals surface area contributed by atoms with E-state index in [0.717, 1.165) is 49.1 Å². The molecule has 2 aromatic carbocycles. The molecule has 0 atom stereocenters. The molecule has 0 unspecified atom stereocenters. The summed E-state index contributed by atoms with van der Waals surface area (Å²) in [6, 6.07) is 15.0. The molecule has 1 aliphatic heterocycles. The van der Waals surface area contributed by atoms with Gasteiger partial charge in [-0.2, -0.15) is 0 Å². The van der Waals surface area contributed by atoms with E-state index in [-0.39, 0.29) is 5.82 Å². The smallest absolute Gasteiger partial charge is 0.210 e. The fourth-order valence-corrected chi connectivity index (χ4v) is 3.46. The first-order chi connectivity index (χ1) is 13.2. The van der Waals surface area contributed by atoms with E-state index in [1.54, 1.807) is 13.2 Å². The number of rotatable bonds is 5. The summed E-state index contributed by atoms with van der Waals surface area (Å²) in [5, 5.41) is 0. The first-order valence-corrected chi connectivity index (χ1v) is 9.13. The van der Waals surface area contributed by atoms with Gasteiger partial charge < -0.3 is 9.64 Å². The lowest BCUT2D eigenvalue weighted by Crippen LogP contribution is -2.46. The van der Waals surface area contributed by atoms with E-state index >= 15 is 0 Å². The largest absolute Gasteiger partial charge is 0.497 e. The summed E-state index contributed by atoms with van der Waals surface area (Å²) in [6.45, 7) is 4.11. The minimum Gasteiger partial charge on any atom is -0.497 e. The number of imidazole rings is 1. The lowest BCUT2D eigenvalue weighted by Gasteiger charge is -2.35. The van der Waals surface area contributed by atoms with Crippen LogP contribution in [0, 0.1) is 5.82 Å². The van der Waals surface area contributed by atoms with E-state index in [1.165, 1.54) is 6.07 Å². The molecular formula is C21H23FN4O. The Morgan fingerprint density at radius 3 is 2.63 bits per heavy atom. The molecule has 3 aromatic rings. The number of aromatic nitrogens is 2. The van der Waals surface area contributed by atoms with E-state index in [2.05, 4.69) is 19.4 Å². The molecule has 0 amide bonds. The number of halogens is 1. The average molecular weight is 366 g/mol. The van der Waals surface area contributed by atoms with Crippen LogP contribution in [0.4, 0.5) is 10.3 Å². The predicted molar refractivity (Wildman–Crippen MR) is 104 cm³/mol. The van der Waals surface area contributed by atoms with Crippen LogP contribution in [0.25, 0.3) is 5.69 Å². The van der Waals surface area contributed by atoms with Crippen molar-refractivity contribution in [3.63, 3.8) is 0 Å². The highest BCUT2D eigenvalue weighted by Crippen LogP contribution is 2.23. The number of ether oxygens (including phenoxy) is 1. The van der Waals surface area contributed by atoms with E-state index in [1.807, 2.05) is 48.8 Å². The molecule has 0 bridgehead atoms. The van der Waals surface area contributed by atoms with Crippen LogP contribution in [0.3, 0.4) is 0 Å². The minimum atomic E-state index is -0.131. The van der Waals surface area contributed by atoms with Crippen molar-refractivity contribution in [2.24, 2.45) is 0 Å². The van der Waals surface area contributed by atoms with Gasteiger partial charge in [0.1, 0.15) is 11.6 Å². The lowest BCUT2D eigenvalue weighted by atomic mass is 10.2. The molecule has 140 valence electrons. The molecule has 2 heterocycles. The second-order valence-electron chi connectivity index (χ2n) is 6.65. The van der Waals surface area contributed by atoms with Gasteiger partial charge in [0.2, 0.25) is 5.95 Å². The number of piperazine rings is 1. The molecule has 0 spiro atoms. The molecule has 0 N–H and O–H groups in total. The normalized spacial score (nSPS) is 15.1. The van der Waals surface area contributed by atoms with Crippen LogP contribution in [0.15, 0.2) is 60.9 Å². The van der Waals surface area contributed by atoms with Crippen molar-refractivity contribution >= 4 is 5.95 Å². The quantitative estimate of drug-likeness (QED) is 0.694. The lowest BCUT2D eigenvalue weighted by molar-refractivity contribution is 0.245. The van der Waals surface area contributed by atoms with Gasteiger partial charge in [-0.3, -0.25) is 9.47 Å². The van der Waals surface area contributed by atoms with Gasteiger partial charge in [-0.05, 0) is 18.2 Å². The molecular weight excluding hydrogens is 343 g/mol. The Morgan fingerprint density at radius 1 is 1.04 bits per heavy atom. The number of benzene rings is 2. The Balaban J connectivity index is 1.45. The first-order valence-electron chi connectivity index (χ1n) is 9.13. The van der Waals surface area contributed by atoms with Crippen LogP contribution < -0.4 is 9.64 Å². The standard InChI is InChI=1S/C21H23FN4O/c1-27-19-7-4-6-18(15-19)26-10-9-23-21(26)25-13-11-24(12-14-25)16-17-5-2-3-8-20(17)22/h2-10,15H,11-14,16H2,1H3. The maximum absolute atomic E-state index is 13.9. The number of nitrogens with zero attached hydrogens (tertiary/aromatic N) is 4. The van der Waals surface area contributed by atoms with Crippen molar-refractivity contribution in [1.29, 1.82) is 0 Å². The summed E-state index contributed by atoms with van der Waals surface area (Å²) < 4.78 is 21.3. The third-order valence-corrected chi connectivity index (χ3v) is 4.96. The monoisotopic (exact) mass is 366 g/mol. The maximum Gasteiger partial charge on any atom is 0.210 e. The molecule has 4 rings (SSSR count). The number of methoxy groups -OCH3 is 1. The highest BCUT2D eigenvalue weighted by atomic mass is 19.1. The molecule has 1 fully saturated rings. The van der Waals surface area contributed by atoms with Gasteiger partial charge in [0, 0.05) is 56.7 Å². The maximum atomic E-state index is 13.9. The fourth-order valence-electron chi connectivity index (χ4n) is 3.46. The van der Waals surface area contributed by atoms with Crippen LogP contribution in [0.2, 0.25) is 0 Å². The summed E-state index contributed by atoms with van der Waals surface area (Å²) >= 11 is 0. The summed E-state index contributed by atoms with van der Waals surface area (Å²) in [7, 11) is 1.67. The Morgan fingerprint density at radius 2 is 1.85 bits per heavy atom. The second kappa shape index (κ2) is 7.80. The Bertz CT molecular complexity index is 902. The summed E-state index contributed by atoms with van der Waals surface area (Å²) in [6.07, 6.45) is 3.79. The Labute approximate surface area is 158 Å². The highest BCUT2D eigenvalue weighted by Gasteiger charge is 2.21. The zero-order valence-corrected chi connectivity index (χ0v) is 15.4. The van der Waals surface area contributed by atoms with Crippen LogP contribution in [0.1, 0.15) is 5.56 Å². The number of anilines is 1. The predicted octanol–water partition coefficient (Wildman–Crippen LogP) is 3.34. The molecule has 0 aliphatic carbocycles. The zero-order valence-electron chi connectivity index (χ0n) is 15.4. The summed E-state index contributed by atoms with van der Waals surface area (Å²) in [4.78, 5) is 9.13. The van der Waals surface area contributed by atoms with Crippen molar-refractivity contribution in [2.45, 2.75) is 6.54 Å². The van der Waals surface area contributed by atoms with E-state index < -0.39 is 0 Å². The second-order valence-corrected chi connectivity index (χ2v) is 6.65. The molecule has 0 saturated carbocycles. The molecule has 5 nitrogen and oxygen atoms in total. The summed E-state index contributed by atoms with van der Waals surface area (Å²) in [5.41, 5.74) is 1.78. The molecule has 1 saturated heterocycles. The van der Waals surface area contributed by atoms with Gasteiger partial charge in [0.25, 0.3) is 0 Å². The topological polar surface area (TPSA) is 33.5 Å². The van der Waals surface area contributed by atoms with Crippen molar-refractivity contribution in [3.05, 3.63) is 72.3 Å². The number of hydrogen-bond donors (Lipinski definition) is 0. The Kier molecular flexibility index (Phi) is 5.07. The molecule has 0 radical (unpaired) electrons. The van der Waals surface area contributed by atoms with Crippen LogP contribution in [-0.4, -0.2) is 47.7 Å².